The van der Waals surface area contributed by atoms with Crippen molar-refractivity contribution in [2.24, 2.45) is 0 Å². The number of carbonyl (C=O) groups is 2. The van der Waals surface area contributed by atoms with Gasteiger partial charge >= 0.3 is 6.18 Å². The van der Waals surface area contributed by atoms with Crippen LogP contribution in [0.4, 0.5) is 18.9 Å². The van der Waals surface area contributed by atoms with Crippen LogP contribution in [-0.2, 0) is 22.3 Å². The van der Waals surface area contributed by atoms with E-state index in [4.69, 9.17) is 14.7 Å². The summed E-state index contributed by atoms with van der Waals surface area (Å²) in [6.45, 7) is 1.56. The summed E-state index contributed by atoms with van der Waals surface area (Å²) in [5.74, 6) is -0.942. The molecule has 0 aliphatic carbocycles. The zero-order valence-electron chi connectivity index (χ0n) is 18.2. The quantitative estimate of drug-likeness (QED) is 0.566. The topological polar surface area (TPSA) is 122 Å². The molecular weight excluding hydrogens is 469 g/mol. The number of benzene rings is 1. The highest BCUT2D eigenvalue weighted by atomic mass is 19.4. The summed E-state index contributed by atoms with van der Waals surface area (Å²) in [6, 6.07) is 7.76. The first-order valence-corrected chi connectivity index (χ1v) is 10.5. The summed E-state index contributed by atoms with van der Waals surface area (Å²) in [5, 5.41) is 16.3. The van der Waals surface area contributed by atoms with Gasteiger partial charge in [0.25, 0.3) is 5.91 Å². The largest absolute Gasteiger partial charge is 0.476 e. The van der Waals surface area contributed by atoms with E-state index in [0.717, 1.165) is 18.2 Å². The van der Waals surface area contributed by atoms with Gasteiger partial charge in [0, 0.05) is 30.7 Å². The number of hydrogen-bond acceptors (Lipinski definition) is 7. The molecule has 35 heavy (non-hydrogen) atoms. The Hall–Kier alpha value is -4.18. The van der Waals surface area contributed by atoms with Crippen molar-refractivity contribution >= 4 is 28.4 Å². The first-order valence-electron chi connectivity index (χ1n) is 10.5. The van der Waals surface area contributed by atoms with E-state index in [0.29, 0.717) is 37.2 Å². The van der Waals surface area contributed by atoms with Gasteiger partial charge in [-0.2, -0.15) is 23.5 Å². The number of hydrogen-bond donors (Lipinski definition) is 1. The number of anilines is 1. The van der Waals surface area contributed by atoms with Crippen molar-refractivity contribution in [3.63, 3.8) is 0 Å². The lowest BCUT2D eigenvalue weighted by atomic mass is 10.2. The summed E-state index contributed by atoms with van der Waals surface area (Å²) in [4.78, 5) is 30.2. The third kappa shape index (κ3) is 5.67. The molecule has 2 aromatic heterocycles. The second kappa shape index (κ2) is 9.98. The highest BCUT2D eigenvalue weighted by Crippen LogP contribution is 2.31. The number of nitrogens with one attached hydrogen (secondary N) is 1. The Labute approximate surface area is 196 Å². The monoisotopic (exact) mass is 488 g/mol. The van der Waals surface area contributed by atoms with Crippen LogP contribution in [0.1, 0.15) is 16.2 Å². The molecule has 1 saturated heterocycles. The fourth-order valence-corrected chi connectivity index (χ4v) is 3.47. The maximum Gasteiger partial charge on any atom is 0.433 e. The number of carbonyl (C=O) groups excluding carboxylic acids is 2. The number of amides is 2. The number of alkyl halides is 3. The molecule has 0 radical (unpaired) electrons. The lowest BCUT2D eigenvalue weighted by Crippen LogP contribution is -2.42. The van der Waals surface area contributed by atoms with E-state index in [9.17, 15) is 22.8 Å². The second-order valence-corrected chi connectivity index (χ2v) is 7.53. The van der Waals surface area contributed by atoms with E-state index in [-0.39, 0.29) is 30.5 Å². The van der Waals surface area contributed by atoms with Gasteiger partial charge in [-0.3, -0.25) is 14.3 Å². The van der Waals surface area contributed by atoms with Crippen LogP contribution >= 0.6 is 0 Å². The molecule has 182 valence electrons. The molecule has 2 amide bonds. The molecule has 3 aromatic rings. The summed E-state index contributed by atoms with van der Waals surface area (Å²) < 4.78 is 50.9. The highest BCUT2D eigenvalue weighted by Gasteiger charge is 2.33. The van der Waals surface area contributed by atoms with E-state index in [1.807, 2.05) is 6.07 Å². The van der Waals surface area contributed by atoms with Crippen molar-refractivity contribution in [3.8, 4) is 11.8 Å². The Morgan fingerprint density at radius 2 is 2.00 bits per heavy atom. The van der Waals surface area contributed by atoms with Crippen molar-refractivity contribution in [1.29, 1.82) is 5.26 Å². The number of halogens is 3. The number of pyridine rings is 1. The molecule has 1 N–H and O–H groups in total. The zero-order chi connectivity index (χ0) is 25.0. The van der Waals surface area contributed by atoms with E-state index in [1.54, 1.807) is 11.1 Å². The van der Waals surface area contributed by atoms with Crippen molar-refractivity contribution in [1.82, 2.24) is 19.7 Å². The van der Waals surface area contributed by atoms with Crippen molar-refractivity contribution in [2.75, 3.05) is 38.2 Å². The first kappa shape index (κ1) is 24.0. The third-order valence-corrected chi connectivity index (χ3v) is 5.13. The van der Waals surface area contributed by atoms with Crippen LogP contribution in [0.15, 0.2) is 36.5 Å². The predicted molar refractivity (Wildman–Crippen MR) is 115 cm³/mol. The molecule has 0 bridgehead atoms. The maximum absolute atomic E-state index is 13.0. The van der Waals surface area contributed by atoms with Crippen LogP contribution in [0, 0.1) is 11.3 Å². The fraction of sp³-hybridized carbons (Fsp3) is 0.318. The molecule has 0 unspecified atom stereocenters. The number of nitriles is 1. The van der Waals surface area contributed by atoms with Gasteiger partial charge < -0.3 is 19.7 Å². The summed E-state index contributed by atoms with van der Waals surface area (Å²) in [5.41, 5.74) is -1.11. The lowest BCUT2D eigenvalue weighted by Gasteiger charge is -2.26. The number of rotatable bonds is 6. The standard InChI is InChI=1S/C22H19F3N6O4/c23-22(24,25)19-3-1-2-15(27-19)21(33)28-17-10-14-12-31(13-20(32)30-5-8-34-9-6-30)29-16(14)11-18(17)35-7-4-26/h1-3,10-12H,5-9,13H2,(H,28,33). The molecule has 1 fully saturated rings. The third-order valence-electron chi connectivity index (χ3n) is 5.13. The summed E-state index contributed by atoms with van der Waals surface area (Å²) in [6.07, 6.45) is -3.11. The number of nitrogens with zero attached hydrogens (tertiary/aromatic N) is 5. The number of aromatic nitrogens is 3. The minimum absolute atomic E-state index is 0.0150. The van der Waals surface area contributed by atoms with Crippen LogP contribution < -0.4 is 10.1 Å². The average molecular weight is 488 g/mol. The molecular formula is C22H19F3N6O4. The van der Waals surface area contributed by atoms with Gasteiger partial charge in [-0.05, 0) is 18.2 Å². The predicted octanol–water partition coefficient (Wildman–Crippen LogP) is 2.46. The van der Waals surface area contributed by atoms with Crippen molar-refractivity contribution < 1.29 is 32.2 Å². The average Bonchev–Trinajstić information content (AvgIpc) is 3.23. The molecule has 1 aromatic carbocycles. The van der Waals surface area contributed by atoms with Crippen LogP contribution in [0.2, 0.25) is 0 Å². The molecule has 0 atom stereocenters. The van der Waals surface area contributed by atoms with Gasteiger partial charge in [0.2, 0.25) is 5.91 Å². The molecule has 4 rings (SSSR count). The van der Waals surface area contributed by atoms with E-state index in [2.05, 4.69) is 15.4 Å². The number of ether oxygens (including phenoxy) is 2. The molecule has 13 heteroatoms. The summed E-state index contributed by atoms with van der Waals surface area (Å²) in [7, 11) is 0. The van der Waals surface area contributed by atoms with E-state index in [1.165, 1.54) is 16.8 Å². The second-order valence-electron chi connectivity index (χ2n) is 7.53. The van der Waals surface area contributed by atoms with Crippen LogP contribution in [0.5, 0.6) is 5.75 Å². The Morgan fingerprint density at radius 3 is 2.71 bits per heavy atom. The van der Waals surface area contributed by atoms with Gasteiger partial charge in [-0.1, -0.05) is 6.07 Å². The van der Waals surface area contributed by atoms with E-state index >= 15 is 0 Å². The Bertz CT molecular complexity index is 1290. The Morgan fingerprint density at radius 1 is 1.23 bits per heavy atom. The molecule has 0 saturated carbocycles. The fourth-order valence-electron chi connectivity index (χ4n) is 3.47. The van der Waals surface area contributed by atoms with Gasteiger partial charge in [0.05, 0.1) is 24.4 Å². The molecule has 3 heterocycles. The lowest BCUT2D eigenvalue weighted by molar-refractivity contribution is -0.141. The smallest absolute Gasteiger partial charge is 0.433 e. The highest BCUT2D eigenvalue weighted by molar-refractivity contribution is 6.05. The van der Waals surface area contributed by atoms with Gasteiger partial charge in [0.15, 0.2) is 6.61 Å². The minimum Gasteiger partial charge on any atom is -0.476 e. The van der Waals surface area contributed by atoms with Crippen molar-refractivity contribution in [2.45, 2.75) is 12.7 Å². The SMILES string of the molecule is N#CCOc1cc2nn(CC(=O)N3CCOCC3)cc2cc1NC(=O)c1cccc(C(F)(F)F)n1. The Balaban J connectivity index is 1.59. The summed E-state index contributed by atoms with van der Waals surface area (Å²) >= 11 is 0. The van der Waals surface area contributed by atoms with E-state index < -0.39 is 23.5 Å². The first-order chi connectivity index (χ1) is 16.7. The van der Waals surface area contributed by atoms with Gasteiger partial charge in [0.1, 0.15) is 29.8 Å². The number of morpholine rings is 1. The normalized spacial score (nSPS) is 13.9. The number of fused-ring (bicyclic) bond motifs is 1. The molecule has 1 aliphatic heterocycles. The van der Waals surface area contributed by atoms with Crippen LogP contribution in [0.25, 0.3) is 10.9 Å². The molecule has 10 nitrogen and oxygen atoms in total. The minimum atomic E-state index is -4.70. The van der Waals surface area contributed by atoms with Gasteiger partial charge in [-0.25, -0.2) is 4.98 Å². The molecule has 0 spiro atoms. The maximum atomic E-state index is 13.0. The molecule has 1 aliphatic rings. The Kier molecular flexibility index (Phi) is 6.83. The zero-order valence-corrected chi connectivity index (χ0v) is 18.2. The van der Waals surface area contributed by atoms with Crippen LogP contribution in [-0.4, -0.2) is 64.4 Å². The van der Waals surface area contributed by atoms with Gasteiger partial charge in [-0.15, -0.1) is 0 Å². The van der Waals surface area contributed by atoms with Crippen LogP contribution in [0.3, 0.4) is 0 Å². The van der Waals surface area contributed by atoms with Crippen molar-refractivity contribution in [3.05, 3.63) is 47.9 Å².